The van der Waals surface area contributed by atoms with Crippen molar-refractivity contribution < 1.29 is 0 Å². The summed E-state index contributed by atoms with van der Waals surface area (Å²) in [5, 5.41) is 0. The molecule has 168 valence electrons. The maximum Gasteiger partial charge on any atom is 0.211 e. The zero-order chi connectivity index (χ0) is 22.3. The van der Waals surface area contributed by atoms with Gasteiger partial charge >= 0.3 is 0 Å². The maximum absolute atomic E-state index is 4.95. The van der Waals surface area contributed by atoms with E-state index in [1.165, 1.54) is 35.5 Å². The Morgan fingerprint density at radius 3 is 2.30 bits per heavy atom. The van der Waals surface area contributed by atoms with Crippen LogP contribution in [0.3, 0.4) is 0 Å². The predicted molar refractivity (Wildman–Crippen MR) is 138 cm³/mol. The summed E-state index contributed by atoms with van der Waals surface area (Å²) in [4.78, 5) is 15.8. The lowest BCUT2D eigenvalue weighted by Crippen LogP contribution is -2.41. The molecule has 4 nitrogen and oxygen atoms in total. The Hall–Kier alpha value is -2.44. The Labute approximate surface area is 203 Å². The van der Waals surface area contributed by atoms with Crippen LogP contribution in [0.25, 0.3) is 5.65 Å². The van der Waals surface area contributed by atoms with Gasteiger partial charge in [0.1, 0.15) is 0 Å². The molecular weight excluding hydrogens is 444 g/mol. The van der Waals surface area contributed by atoms with E-state index in [-0.39, 0.29) is 0 Å². The van der Waals surface area contributed by atoms with Crippen molar-refractivity contribution in [2.24, 2.45) is 5.41 Å². The zero-order valence-electron chi connectivity index (χ0n) is 18.9. The molecule has 1 aliphatic carbocycles. The summed E-state index contributed by atoms with van der Waals surface area (Å²) in [6.45, 7) is 4.30. The van der Waals surface area contributed by atoms with Crippen LogP contribution in [0.5, 0.6) is 0 Å². The summed E-state index contributed by atoms with van der Waals surface area (Å²) in [5.74, 6) is 2.09. The number of thioether (sulfide) groups is 1. The molecule has 1 spiro atoms. The molecule has 1 saturated heterocycles. The van der Waals surface area contributed by atoms with E-state index in [0.29, 0.717) is 5.41 Å². The molecule has 4 aromatic rings. The monoisotopic (exact) mass is 472 g/mol. The largest absolute Gasteiger partial charge is 0.342 e. The van der Waals surface area contributed by atoms with E-state index >= 15 is 0 Å². The van der Waals surface area contributed by atoms with Gasteiger partial charge in [-0.1, -0.05) is 55.1 Å². The van der Waals surface area contributed by atoms with Crippen LogP contribution >= 0.6 is 23.5 Å². The highest BCUT2D eigenvalue weighted by Crippen LogP contribution is 2.45. The number of nitrogens with zero attached hydrogens (tertiary/aromatic N) is 4. The molecule has 1 fully saturated rings. The van der Waals surface area contributed by atoms with Crippen molar-refractivity contribution in [1.82, 2.24) is 14.4 Å². The fraction of sp³-hybridized carbons (Fsp3) is 0.333. The van der Waals surface area contributed by atoms with Crippen molar-refractivity contribution in [1.29, 1.82) is 0 Å². The predicted octanol–water partition coefficient (Wildman–Crippen LogP) is 6.38. The molecule has 0 atom stereocenters. The minimum Gasteiger partial charge on any atom is -0.342 e. The lowest BCUT2D eigenvalue weighted by atomic mass is 9.76. The first kappa shape index (κ1) is 21.1. The van der Waals surface area contributed by atoms with Gasteiger partial charge in [-0.05, 0) is 60.1 Å². The molecule has 33 heavy (non-hydrogen) atoms. The summed E-state index contributed by atoms with van der Waals surface area (Å²) in [6.07, 6.45) is 10.9. The Morgan fingerprint density at radius 1 is 0.879 bits per heavy atom. The fourth-order valence-corrected chi connectivity index (χ4v) is 7.32. The van der Waals surface area contributed by atoms with E-state index in [0.717, 1.165) is 35.3 Å². The van der Waals surface area contributed by atoms with Crippen LogP contribution in [0.2, 0.25) is 0 Å². The van der Waals surface area contributed by atoms with Gasteiger partial charge in [0.25, 0.3) is 0 Å². The highest BCUT2D eigenvalue weighted by molar-refractivity contribution is 8.02. The number of imidazole rings is 1. The van der Waals surface area contributed by atoms with Crippen LogP contribution in [0.15, 0.2) is 81.8 Å². The average Bonchev–Trinajstić information content (AvgIpc) is 3.47. The summed E-state index contributed by atoms with van der Waals surface area (Å²) >= 11 is 3.65. The minimum atomic E-state index is 0.435. The van der Waals surface area contributed by atoms with Crippen molar-refractivity contribution in [2.45, 2.75) is 47.3 Å². The molecular formula is C27H28N4S2. The van der Waals surface area contributed by atoms with Gasteiger partial charge in [-0.3, -0.25) is 4.40 Å². The number of piperidine rings is 1. The van der Waals surface area contributed by atoms with E-state index in [9.17, 15) is 0 Å². The van der Waals surface area contributed by atoms with Crippen molar-refractivity contribution in [3.05, 3.63) is 78.2 Å². The third-order valence-corrected chi connectivity index (χ3v) is 9.27. The van der Waals surface area contributed by atoms with Gasteiger partial charge in [-0.25, -0.2) is 9.97 Å². The number of hydrogen-bond donors (Lipinski definition) is 0. The first-order chi connectivity index (χ1) is 16.2. The van der Waals surface area contributed by atoms with Crippen LogP contribution < -0.4 is 4.90 Å². The lowest BCUT2D eigenvalue weighted by molar-refractivity contribution is 0.231. The summed E-state index contributed by atoms with van der Waals surface area (Å²) in [6, 6.07) is 17.6. The van der Waals surface area contributed by atoms with E-state index in [2.05, 4.69) is 71.0 Å². The standard InChI is InChI=1S/C27H28N4S2/c1-2-32-22-9-5-6-10-23(22)33-24-19-29-26(31-16-13-28-25(24)31)30-14-11-27(12-15-30)17-20-7-3-4-8-21(20)18-27/h3-10,13,16,19H,2,11-12,14-15,17-18H2,1H3. The van der Waals surface area contributed by atoms with Crippen LogP contribution in [0.4, 0.5) is 5.95 Å². The second kappa shape index (κ2) is 8.73. The number of fused-ring (bicyclic) bond motifs is 2. The molecule has 2 aromatic heterocycles. The lowest BCUT2D eigenvalue weighted by Gasteiger charge is -2.40. The summed E-state index contributed by atoms with van der Waals surface area (Å²) in [7, 11) is 0. The molecule has 0 bridgehead atoms. The highest BCUT2D eigenvalue weighted by atomic mass is 32.2. The number of benzene rings is 2. The average molecular weight is 473 g/mol. The normalized spacial score (nSPS) is 17.1. The molecule has 2 aromatic carbocycles. The zero-order valence-corrected chi connectivity index (χ0v) is 20.5. The summed E-state index contributed by atoms with van der Waals surface area (Å²) < 4.78 is 2.18. The Morgan fingerprint density at radius 2 is 1.58 bits per heavy atom. The molecule has 1 aliphatic heterocycles. The van der Waals surface area contributed by atoms with E-state index < -0.39 is 0 Å². The molecule has 2 aliphatic rings. The quantitative estimate of drug-likeness (QED) is 0.315. The smallest absolute Gasteiger partial charge is 0.211 e. The Bertz CT molecular complexity index is 1260. The van der Waals surface area contributed by atoms with Crippen LogP contribution in [-0.2, 0) is 12.8 Å². The van der Waals surface area contributed by atoms with Gasteiger partial charge in [0.2, 0.25) is 5.95 Å². The second-order valence-electron chi connectivity index (χ2n) is 9.13. The molecule has 0 radical (unpaired) electrons. The van der Waals surface area contributed by atoms with Crippen molar-refractivity contribution in [3.8, 4) is 0 Å². The molecule has 0 saturated carbocycles. The van der Waals surface area contributed by atoms with Gasteiger partial charge in [0, 0.05) is 41.5 Å². The maximum atomic E-state index is 4.95. The number of anilines is 1. The number of rotatable bonds is 5. The van der Waals surface area contributed by atoms with Crippen molar-refractivity contribution >= 4 is 35.1 Å². The SMILES string of the molecule is CCSc1ccccc1Sc1cnc(N2CCC3(CC2)Cc2ccccc2C3)n2ccnc12. The van der Waals surface area contributed by atoms with Gasteiger partial charge in [-0.2, -0.15) is 0 Å². The third kappa shape index (κ3) is 3.93. The Balaban J connectivity index is 1.23. The molecule has 0 amide bonds. The molecule has 6 rings (SSSR count). The van der Waals surface area contributed by atoms with Gasteiger partial charge < -0.3 is 4.90 Å². The van der Waals surface area contributed by atoms with Gasteiger partial charge in [0.05, 0.1) is 4.90 Å². The number of aromatic nitrogens is 3. The molecule has 0 N–H and O–H groups in total. The van der Waals surface area contributed by atoms with E-state index in [4.69, 9.17) is 9.97 Å². The number of hydrogen-bond acceptors (Lipinski definition) is 5. The minimum absolute atomic E-state index is 0.435. The van der Waals surface area contributed by atoms with Gasteiger partial charge in [0.15, 0.2) is 5.65 Å². The van der Waals surface area contributed by atoms with Crippen LogP contribution in [-0.4, -0.2) is 33.2 Å². The summed E-state index contributed by atoms with van der Waals surface area (Å²) in [5.41, 5.74) is 4.55. The second-order valence-corrected chi connectivity index (χ2v) is 11.5. The highest BCUT2D eigenvalue weighted by Gasteiger charge is 2.40. The topological polar surface area (TPSA) is 33.4 Å². The first-order valence-electron chi connectivity index (χ1n) is 11.8. The molecule has 3 heterocycles. The van der Waals surface area contributed by atoms with E-state index in [1.54, 1.807) is 22.9 Å². The van der Waals surface area contributed by atoms with E-state index in [1.807, 2.05) is 24.2 Å². The third-order valence-electron chi connectivity index (χ3n) is 7.10. The Kier molecular flexibility index (Phi) is 5.59. The molecule has 6 heteroatoms. The van der Waals surface area contributed by atoms with Crippen molar-refractivity contribution in [3.63, 3.8) is 0 Å². The fourth-order valence-electron chi connectivity index (χ4n) is 5.42. The van der Waals surface area contributed by atoms with Crippen LogP contribution in [0, 0.1) is 5.41 Å². The van der Waals surface area contributed by atoms with Crippen molar-refractivity contribution in [2.75, 3.05) is 23.7 Å². The van der Waals surface area contributed by atoms with Gasteiger partial charge in [-0.15, -0.1) is 11.8 Å². The first-order valence-corrected chi connectivity index (χ1v) is 13.6. The van der Waals surface area contributed by atoms with Crippen LogP contribution in [0.1, 0.15) is 30.9 Å². The molecule has 0 unspecified atom stereocenters.